The van der Waals surface area contributed by atoms with Gasteiger partial charge in [0, 0.05) is 16.3 Å². The van der Waals surface area contributed by atoms with Crippen molar-refractivity contribution in [3.05, 3.63) is 41.6 Å². The van der Waals surface area contributed by atoms with Crippen LogP contribution in [0, 0.1) is 0 Å². The molecule has 0 saturated carbocycles. The fourth-order valence-corrected chi connectivity index (χ4v) is 5.98. The third-order valence-electron chi connectivity index (χ3n) is 3.64. The summed E-state index contributed by atoms with van der Waals surface area (Å²) in [5.74, 6) is -0.719. The van der Waals surface area contributed by atoms with Crippen LogP contribution in [0.5, 0.6) is 0 Å². The molecule has 7 heteroatoms. The lowest BCUT2D eigenvalue weighted by atomic mass is 10.1. The van der Waals surface area contributed by atoms with Crippen molar-refractivity contribution >= 4 is 60.5 Å². The van der Waals surface area contributed by atoms with Crippen LogP contribution in [-0.4, -0.2) is 28.6 Å². The zero-order chi connectivity index (χ0) is 15.0. The molecule has 0 aliphatic carbocycles. The van der Waals surface area contributed by atoms with Crippen LogP contribution >= 0.6 is 54.5 Å². The Morgan fingerprint density at radius 1 is 1.19 bits per heavy atom. The van der Waals surface area contributed by atoms with Gasteiger partial charge in [-0.15, -0.1) is 22.7 Å². The number of halogens is 2. The summed E-state index contributed by atoms with van der Waals surface area (Å²) in [5.41, 5.74) is 0. The molecule has 0 spiro atoms. The molecule has 3 nitrogen and oxygen atoms in total. The summed E-state index contributed by atoms with van der Waals surface area (Å²) in [5, 5.41) is 9.48. The third kappa shape index (κ3) is 3.27. The molecule has 1 saturated heterocycles. The Balaban J connectivity index is 2.02. The molecule has 1 fully saturated rings. The van der Waals surface area contributed by atoms with E-state index in [9.17, 15) is 9.90 Å². The smallest absolute Gasteiger partial charge is 0.320 e. The minimum absolute atomic E-state index is 0.0289. The second-order valence-corrected chi connectivity index (χ2v) is 9.91. The molecule has 2 aromatic rings. The van der Waals surface area contributed by atoms with Gasteiger partial charge in [-0.05, 0) is 69.0 Å². The van der Waals surface area contributed by atoms with Gasteiger partial charge < -0.3 is 5.11 Å². The second-order valence-electron chi connectivity index (χ2n) is 4.92. The Labute approximate surface area is 147 Å². The predicted octanol–water partition coefficient (Wildman–Crippen LogP) is 4.97. The van der Waals surface area contributed by atoms with Gasteiger partial charge >= 0.3 is 5.97 Å². The van der Waals surface area contributed by atoms with E-state index >= 15 is 0 Å². The Bertz CT molecular complexity index is 615. The Kier molecular flexibility index (Phi) is 4.85. The molecule has 112 valence electrons. The van der Waals surface area contributed by atoms with E-state index in [0.29, 0.717) is 0 Å². The number of thiophene rings is 2. The first kappa shape index (κ1) is 15.7. The van der Waals surface area contributed by atoms with Crippen molar-refractivity contribution < 1.29 is 9.90 Å². The number of aliphatic carboxylic acids is 1. The van der Waals surface area contributed by atoms with E-state index in [1.807, 2.05) is 12.1 Å². The van der Waals surface area contributed by atoms with Crippen LogP contribution in [0.15, 0.2) is 31.8 Å². The lowest BCUT2D eigenvalue weighted by Gasteiger charge is -2.29. The van der Waals surface area contributed by atoms with Crippen LogP contribution in [0.25, 0.3) is 0 Å². The van der Waals surface area contributed by atoms with E-state index in [1.54, 1.807) is 22.7 Å². The zero-order valence-electron chi connectivity index (χ0n) is 11.0. The highest BCUT2D eigenvalue weighted by atomic mass is 79.9. The molecule has 3 heterocycles. The molecule has 2 aromatic heterocycles. The van der Waals surface area contributed by atoms with Crippen molar-refractivity contribution in [3.8, 4) is 0 Å². The van der Waals surface area contributed by atoms with E-state index in [0.717, 1.165) is 27.0 Å². The second kappa shape index (κ2) is 6.50. The minimum Gasteiger partial charge on any atom is -0.480 e. The fraction of sp³-hybridized carbons (Fsp3) is 0.357. The number of likely N-dealkylation sites (tertiary alicyclic amines) is 1. The average molecular weight is 451 g/mol. The molecule has 1 unspecified atom stereocenters. The number of carbonyl (C=O) groups is 1. The van der Waals surface area contributed by atoms with Crippen LogP contribution in [0.3, 0.4) is 0 Å². The van der Waals surface area contributed by atoms with Gasteiger partial charge in [-0.1, -0.05) is 0 Å². The van der Waals surface area contributed by atoms with Crippen molar-refractivity contribution in [2.45, 2.75) is 24.9 Å². The maximum absolute atomic E-state index is 11.5. The van der Waals surface area contributed by atoms with Gasteiger partial charge in [0.15, 0.2) is 0 Å². The summed E-state index contributed by atoms with van der Waals surface area (Å²) in [4.78, 5) is 16.0. The first-order valence-electron chi connectivity index (χ1n) is 6.55. The first-order valence-corrected chi connectivity index (χ1v) is 9.77. The molecule has 1 N–H and O–H groups in total. The van der Waals surface area contributed by atoms with E-state index in [4.69, 9.17) is 0 Å². The van der Waals surface area contributed by atoms with Crippen molar-refractivity contribution in [2.75, 3.05) is 6.54 Å². The Morgan fingerprint density at radius 2 is 1.76 bits per heavy atom. The lowest BCUT2D eigenvalue weighted by Crippen LogP contribution is -2.38. The van der Waals surface area contributed by atoms with Gasteiger partial charge in [-0.25, -0.2) is 0 Å². The molecular weight excluding hydrogens is 438 g/mol. The Hall–Kier alpha value is -0.210. The van der Waals surface area contributed by atoms with Gasteiger partial charge in [0.1, 0.15) is 6.04 Å². The van der Waals surface area contributed by atoms with Crippen LogP contribution in [0.1, 0.15) is 28.6 Å². The molecule has 1 aliphatic heterocycles. The highest BCUT2D eigenvalue weighted by Gasteiger charge is 2.37. The van der Waals surface area contributed by atoms with Crippen molar-refractivity contribution in [2.24, 2.45) is 0 Å². The standard InChI is InChI=1S/C14H13Br2NO2S2/c15-11-5-3-9(20-11)13(10-4-6-12(16)21-10)17-7-1-2-8(17)14(18)19/h3-6,8,13H,1-2,7H2,(H,18,19). The topological polar surface area (TPSA) is 40.5 Å². The molecular formula is C14H13Br2NO2S2. The van der Waals surface area contributed by atoms with E-state index in [1.165, 1.54) is 9.75 Å². The van der Waals surface area contributed by atoms with Gasteiger partial charge in [-0.2, -0.15) is 0 Å². The molecule has 0 aromatic carbocycles. The van der Waals surface area contributed by atoms with Gasteiger partial charge in [0.25, 0.3) is 0 Å². The number of hydrogen-bond donors (Lipinski definition) is 1. The van der Waals surface area contributed by atoms with Crippen LogP contribution in [-0.2, 0) is 4.79 Å². The SMILES string of the molecule is O=C(O)C1CCCN1C(c1ccc(Br)s1)c1ccc(Br)s1. The number of carboxylic acids is 1. The average Bonchev–Trinajstić information content (AvgIpc) is 3.13. The summed E-state index contributed by atoms with van der Waals surface area (Å²) in [6, 6.07) is 7.87. The normalized spacial score (nSPS) is 19.5. The van der Waals surface area contributed by atoms with E-state index < -0.39 is 12.0 Å². The van der Waals surface area contributed by atoms with Gasteiger partial charge in [0.2, 0.25) is 0 Å². The Morgan fingerprint density at radius 3 is 2.19 bits per heavy atom. The van der Waals surface area contributed by atoms with Crippen LogP contribution < -0.4 is 0 Å². The van der Waals surface area contributed by atoms with Crippen molar-refractivity contribution in [3.63, 3.8) is 0 Å². The molecule has 21 heavy (non-hydrogen) atoms. The van der Waals surface area contributed by atoms with E-state index in [-0.39, 0.29) is 6.04 Å². The molecule has 0 bridgehead atoms. The maximum Gasteiger partial charge on any atom is 0.320 e. The van der Waals surface area contributed by atoms with Crippen LogP contribution in [0.4, 0.5) is 0 Å². The lowest BCUT2D eigenvalue weighted by molar-refractivity contribution is -0.142. The summed E-state index contributed by atoms with van der Waals surface area (Å²) < 4.78 is 2.15. The number of nitrogens with zero attached hydrogens (tertiary/aromatic N) is 1. The molecule has 0 amide bonds. The number of rotatable bonds is 4. The highest BCUT2D eigenvalue weighted by Crippen LogP contribution is 2.42. The molecule has 1 aliphatic rings. The highest BCUT2D eigenvalue weighted by molar-refractivity contribution is 9.11. The fourth-order valence-electron chi connectivity index (χ4n) is 2.78. The predicted molar refractivity (Wildman–Crippen MR) is 93.2 cm³/mol. The first-order chi connectivity index (χ1) is 10.1. The minimum atomic E-state index is -0.719. The van der Waals surface area contributed by atoms with Crippen molar-refractivity contribution in [1.82, 2.24) is 4.90 Å². The number of carboxylic acid groups (broad SMARTS) is 1. The van der Waals surface area contributed by atoms with Gasteiger partial charge in [-0.3, -0.25) is 9.69 Å². The summed E-state index contributed by atoms with van der Waals surface area (Å²) in [6.07, 6.45) is 1.66. The summed E-state index contributed by atoms with van der Waals surface area (Å²) in [6.45, 7) is 0.826. The molecule has 1 atom stereocenters. The number of hydrogen-bond acceptors (Lipinski definition) is 4. The van der Waals surface area contributed by atoms with E-state index in [2.05, 4.69) is 48.9 Å². The van der Waals surface area contributed by atoms with Gasteiger partial charge in [0.05, 0.1) is 13.6 Å². The molecule has 0 radical (unpaired) electrons. The quantitative estimate of drug-likeness (QED) is 0.714. The van der Waals surface area contributed by atoms with Crippen LogP contribution in [0.2, 0.25) is 0 Å². The maximum atomic E-state index is 11.5. The third-order valence-corrected chi connectivity index (χ3v) is 6.99. The van der Waals surface area contributed by atoms with Crippen molar-refractivity contribution in [1.29, 1.82) is 0 Å². The summed E-state index contributed by atoms with van der Waals surface area (Å²) in [7, 11) is 0. The largest absolute Gasteiger partial charge is 0.480 e. The molecule has 3 rings (SSSR count). The zero-order valence-corrected chi connectivity index (χ0v) is 15.8. The monoisotopic (exact) mass is 449 g/mol. The summed E-state index contributed by atoms with van der Waals surface area (Å²) >= 11 is 10.4.